The van der Waals surface area contributed by atoms with Crippen LogP contribution in [0.1, 0.15) is 18.9 Å². The summed E-state index contributed by atoms with van der Waals surface area (Å²) in [6.07, 6.45) is 2.18. The Kier molecular flexibility index (Phi) is 4.79. The molecule has 0 aromatic heterocycles. The lowest BCUT2D eigenvalue weighted by Gasteiger charge is -2.20. The molecular formula is C21H21OP. The lowest BCUT2D eigenvalue weighted by atomic mass is 10.1. The summed E-state index contributed by atoms with van der Waals surface area (Å²) in [5.74, 6) is 0. The largest absolute Gasteiger partial charge is 0.309 e. The molecule has 3 rings (SSSR count). The number of hydrogen-bond acceptors (Lipinski definition) is 1. The van der Waals surface area contributed by atoms with E-state index in [2.05, 4.69) is 19.1 Å². The van der Waals surface area contributed by atoms with Crippen LogP contribution in [0.15, 0.2) is 84.9 Å². The van der Waals surface area contributed by atoms with Gasteiger partial charge in [-0.25, -0.2) is 0 Å². The van der Waals surface area contributed by atoms with Crippen LogP contribution in [0.2, 0.25) is 0 Å². The van der Waals surface area contributed by atoms with Gasteiger partial charge in [-0.3, -0.25) is 0 Å². The van der Waals surface area contributed by atoms with Crippen molar-refractivity contribution in [1.82, 2.24) is 0 Å². The van der Waals surface area contributed by atoms with E-state index in [1.807, 2.05) is 72.8 Å². The average molecular weight is 320 g/mol. The van der Waals surface area contributed by atoms with Crippen molar-refractivity contribution < 1.29 is 4.57 Å². The summed E-state index contributed by atoms with van der Waals surface area (Å²) < 4.78 is 14.1. The fraction of sp³-hybridized carbons (Fsp3) is 0.143. The minimum atomic E-state index is -2.82. The van der Waals surface area contributed by atoms with Crippen LogP contribution in [0.25, 0.3) is 0 Å². The highest BCUT2D eigenvalue weighted by Crippen LogP contribution is 2.42. The Balaban J connectivity index is 2.15. The first-order chi connectivity index (χ1) is 11.2. The van der Waals surface area contributed by atoms with Crippen LogP contribution >= 0.6 is 7.14 Å². The quantitative estimate of drug-likeness (QED) is 0.641. The van der Waals surface area contributed by atoms with Crippen molar-refractivity contribution in [1.29, 1.82) is 0 Å². The molecule has 0 N–H and O–H groups in total. The highest BCUT2D eigenvalue weighted by Gasteiger charge is 2.29. The van der Waals surface area contributed by atoms with E-state index in [-0.39, 0.29) is 0 Å². The van der Waals surface area contributed by atoms with Gasteiger partial charge in [-0.2, -0.15) is 0 Å². The summed E-state index contributed by atoms with van der Waals surface area (Å²) in [5, 5.41) is 2.67. The van der Waals surface area contributed by atoms with Crippen molar-refractivity contribution in [2.75, 3.05) is 0 Å². The zero-order valence-electron chi connectivity index (χ0n) is 13.4. The van der Waals surface area contributed by atoms with Gasteiger partial charge in [0, 0.05) is 15.9 Å². The van der Waals surface area contributed by atoms with Gasteiger partial charge in [0.05, 0.1) is 0 Å². The Bertz CT molecular complexity index is 749. The zero-order chi connectivity index (χ0) is 16.1. The Morgan fingerprint density at radius 1 is 0.652 bits per heavy atom. The molecule has 0 unspecified atom stereocenters. The van der Waals surface area contributed by atoms with E-state index in [1.54, 1.807) is 0 Å². The zero-order valence-corrected chi connectivity index (χ0v) is 14.2. The number of aryl methyl sites for hydroxylation is 1. The van der Waals surface area contributed by atoms with Gasteiger partial charge in [0.15, 0.2) is 7.14 Å². The van der Waals surface area contributed by atoms with Crippen LogP contribution in [-0.2, 0) is 11.0 Å². The van der Waals surface area contributed by atoms with E-state index in [0.29, 0.717) is 0 Å². The molecule has 0 aliphatic carbocycles. The molecule has 0 saturated heterocycles. The van der Waals surface area contributed by atoms with Crippen LogP contribution in [0.4, 0.5) is 0 Å². The van der Waals surface area contributed by atoms with E-state index in [0.717, 1.165) is 28.8 Å². The third-order valence-corrected chi connectivity index (χ3v) is 7.15. The van der Waals surface area contributed by atoms with Gasteiger partial charge in [0.25, 0.3) is 0 Å². The van der Waals surface area contributed by atoms with Gasteiger partial charge in [0.2, 0.25) is 0 Å². The average Bonchev–Trinajstić information content (AvgIpc) is 2.63. The summed E-state index contributed by atoms with van der Waals surface area (Å²) in [4.78, 5) is 0. The maximum Gasteiger partial charge on any atom is 0.171 e. The summed E-state index contributed by atoms with van der Waals surface area (Å²) in [6.45, 7) is 2.17. The highest BCUT2D eigenvalue weighted by molar-refractivity contribution is 7.85. The molecule has 0 radical (unpaired) electrons. The molecule has 23 heavy (non-hydrogen) atoms. The summed E-state index contributed by atoms with van der Waals surface area (Å²) in [7, 11) is -2.82. The molecule has 0 aliphatic rings. The van der Waals surface area contributed by atoms with Crippen LogP contribution in [0.5, 0.6) is 0 Å². The number of benzene rings is 3. The molecule has 2 heteroatoms. The van der Waals surface area contributed by atoms with E-state index in [4.69, 9.17) is 0 Å². The normalized spacial score (nSPS) is 11.3. The predicted molar refractivity (Wildman–Crippen MR) is 99.8 cm³/mol. The summed E-state index contributed by atoms with van der Waals surface area (Å²) in [6, 6.07) is 27.9. The first-order valence-electron chi connectivity index (χ1n) is 8.06. The first-order valence-corrected chi connectivity index (χ1v) is 9.76. The van der Waals surface area contributed by atoms with Crippen molar-refractivity contribution >= 4 is 23.1 Å². The molecule has 0 heterocycles. The van der Waals surface area contributed by atoms with Crippen molar-refractivity contribution in [3.05, 3.63) is 90.5 Å². The van der Waals surface area contributed by atoms with Crippen LogP contribution in [0, 0.1) is 0 Å². The van der Waals surface area contributed by atoms with Crippen molar-refractivity contribution in [2.45, 2.75) is 19.8 Å². The highest BCUT2D eigenvalue weighted by atomic mass is 31.2. The first kappa shape index (κ1) is 15.8. The number of rotatable bonds is 5. The van der Waals surface area contributed by atoms with E-state index in [9.17, 15) is 4.57 Å². The summed E-state index contributed by atoms with van der Waals surface area (Å²) in [5.41, 5.74) is 1.30. The van der Waals surface area contributed by atoms with Crippen molar-refractivity contribution in [3.63, 3.8) is 0 Å². The molecule has 3 aromatic rings. The van der Waals surface area contributed by atoms with Gasteiger partial charge in [-0.15, -0.1) is 0 Å². The van der Waals surface area contributed by atoms with E-state index >= 15 is 0 Å². The van der Waals surface area contributed by atoms with Crippen LogP contribution in [-0.4, -0.2) is 0 Å². The maximum atomic E-state index is 14.1. The lowest BCUT2D eigenvalue weighted by molar-refractivity contribution is 0.592. The monoisotopic (exact) mass is 320 g/mol. The minimum absolute atomic E-state index is 0.884. The van der Waals surface area contributed by atoms with Crippen LogP contribution in [0.3, 0.4) is 0 Å². The summed E-state index contributed by atoms with van der Waals surface area (Å²) >= 11 is 0. The Morgan fingerprint density at radius 2 is 1.09 bits per heavy atom. The topological polar surface area (TPSA) is 17.1 Å². The van der Waals surface area contributed by atoms with Gasteiger partial charge in [-0.05, 0) is 12.0 Å². The molecule has 116 valence electrons. The molecular weight excluding hydrogens is 299 g/mol. The van der Waals surface area contributed by atoms with Crippen LogP contribution < -0.4 is 15.9 Å². The van der Waals surface area contributed by atoms with Gasteiger partial charge in [-0.1, -0.05) is 98.3 Å². The van der Waals surface area contributed by atoms with E-state index < -0.39 is 7.14 Å². The maximum absolute atomic E-state index is 14.1. The van der Waals surface area contributed by atoms with E-state index in [1.165, 1.54) is 5.56 Å². The molecule has 3 aromatic carbocycles. The Morgan fingerprint density at radius 3 is 1.52 bits per heavy atom. The molecule has 0 fully saturated rings. The van der Waals surface area contributed by atoms with Crippen molar-refractivity contribution in [3.8, 4) is 0 Å². The van der Waals surface area contributed by atoms with Gasteiger partial charge in [0.1, 0.15) is 0 Å². The molecule has 0 spiro atoms. The second-order valence-corrected chi connectivity index (χ2v) is 8.46. The molecule has 0 saturated carbocycles. The van der Waals surface area contributed by atoms with Crippen molar-refractivity contribution in [2.24, 2.45) is 0 Å². The van der Waals surface area contributed by atoms with Gasteiger partial charge >= 0.3 is 0 Å². The fourth-order valence-corrected chi connectivity index (χ4v) is 5.53. The minimum Gasteiger partial charge on any atom is -0.309 e. The Hall–Kier alpha value is -2.11. The number of hydrogen-bond donors (Lipinski definition) is 0. The molecule has 0 bridgehead atoms. The standard InChI is InChI=1S/C21H21OP/c1-2-9-18-14-16-21(17-15-18)23(22,19-10-5-3-6-11-19)20-12-7-4-8-13-20/h3-8,10-17H,2,9H2,1H3. The second-order valence-electron chi connectivity index (χ2n) is 5.70. The lowest BCUT2D eigenvalue weighted by Crippen LogP contribution is -2.24. The molecule has 0 atom stereocenters. The molecule has 0 aliphatic heterocycles. The fourth-order valence-electron chi connectivity index (χ4n) is 2.88. The third kappa shape index (κ3) is 3.16. The second kappa shape index (κ2) is 6.98. The Labute approximate surface area is 138 Å². The SMILES string of the molecule is CCCc1ccc(P(=O)(c2ccccc2)c2ccccc2)cc1. The smallest absolute Gasteiger partial charge is 0.171 e. The third-order valence-electron chi connectivity index (χ3n) is 4.08. The molecule has 0 amide bonds. The van der Waals surface area contributed by atoms with Gasteiger partial charge < -0.3 is 4.57 Å². The molecule has 1 nitrogen and oxygen atoms in total. The predicted octanol–water partition coefficient (Wildman–Crippen LogP) is 4.28.